The molecule has 0 aliphatic heterocycles. The van der Waals surface area contributed by atoms with Gasteiger partial charge in [0.2, 0.25) is 0 Å². The first-order chi connectivity index (χ1) is 12.8. The third-order valence-corrected chi connectivity index (χ3v) is 6.78. The summed E-state index contributed by atoms with van der Waals surface area (Å²) in [5.41, 5.74) is 2.60. The van der Waals surface area contributed by atoms with Gasteiger partial charge in [0.05, 0.1) is 0 Å². The fourth-order valence-corrected chi connectivity index (χ4v) is 5.35. The van der Waals surface area contributed by atoms with Crippen molar-refractivity contribution in [2.75, 3.05) is 0 Å². The standard InChI is InChI=1S/C24H15BrS/c25-24-19-12-6-4-10-17(19)23(18-11-5-7-13-20(18)24)22-15-14-21(26-22)16-8-2-1-3-9-16/h1-15H. The number of halogens is 1. The number of hydrogen-bond donors (Lipinski definition) is 0. The molecule has 0 N–H and O–H groups in total. The monoisotopic (exact) mass is 414 g/mol. The normalized spacial score (nSPS) is 11.3. The highest BCUT2D eigenvalue weighted by molar-refractivity contribution is 9.10. The summed E-state index contributed by atoms with van der Waals surface area (Å²) in [6.07, 6.45) is 0. The minimum atomic E-state index is 1.17. The van der Waals surface area contributed by atoms with Gasteiger partial charge < -0.3 is 0 Å². The van der Waals surface area contributed by atoms with Gasteiger partial charge in [-0.2, -0.15) is 0 Å². The molecule has 0 radical (unpaired) electrons. The Bertz CT molecular complexity index is 1180. The summed E-state index contributed by atoms with van der Waals surface area (Å²) in [5, 5.41) is 5.10. The summed E-state index contributed by atoms with van der Waals surface area (Å²) in [6.45, 7) is 0. The molecule has 1 aromatic heterocycles. The highest BCUT2D eigenvalue weighted by Gasteiger charge is 2.15. The molecule has 0 saturated heterocycles. The zero-order valence-corrected chi connectivity index (χ0v) is 16.3. The lowest BCUT2D eigenvalue weighted by Crippen LogP contribution is -1.85. The van der Waals surface area contributed by atoms with Crippen LogP contribution in [-0.4, -0.2) is 0 Å². The summed E-state index contributed by atoms with van der Waals surface area (Å²) in [4.78, 5) is 2.61. The van der Waals surface area contributed by atoms with E-state index in [0.29, 0.717) is 0 Å². The molecule has 4 aromatic carbocycles. The van der Waals surface area contributed by atoms with Gasteiger partial charge in [0.15, 0.2) is 0 Å². The van der Waals surface area contributed by atoms with Gasteiger partial charge in [0, 0.05) is 19.8 Å². The SMILES string of the molecule is Brc1c2ccccc2c(-c2ccc(-c3ccccc3)s2)c2ccccc12. The Kier molecular flexibility index (Phi) is 3.88. The number of fused-ring (bicyclic) bond motifs is 2. The molecule has 0 amide bonds. The molecule has 26 heavy (non-hydrogen) atoms. The quantitative estimate of drug-likeness (QED) is 0.255. The molecule has 0 bridgehead atoms. The summed E-state index contributed by atoms with van der Waals surface area (Å²) in [6, 6.07) is 32.4. The van der Waals surface area contributed by atoms with Crippen molar-refractivity contribution in [3.63, 3.8) is 0 Å². The van der Waals surface area contributed by atoms with Crippen molar-refractivity contribution in [3.05, 3.63) is 95.5 Å². The van der Waals surface area contributed by atoms with Crippen molar-refractivity contribution in [1.82, 2.24) is 0 Å². The molecular weight excluding hydrogens is 400 g/mol. The van der Waals surface area contributed by atoms with Gasteiger partial charge in [-0.15, -0.1) is 11.3 Å². The van der Waals surface area contributed by atoms with Gasteiger partial charge in [-0.3, -0.25) is 0 Å². The van der Waals surface area contributed by atoms with E-state index in [9.17, 15) is 0 Å². The van der Waals surface area contributed by atoms with E-state index < -0.39 is 0 Å². The highest BCUT2D eigenvalue weighted by atomic mass is 79.9. The summed E-state index contributed by atoms with van der Waals surface area (Å²) >= 11 is 5.69. The number of benzene rings is 4. The Balaban J connectivity index is 1.84. The first-order valence-electron chi connectivity index (χ1n) is 8.57. The van der Waals surface area contributed by atoms with Crippen molar-refractivity contribution < 1.29 is 0 Å². The molecule has 0 saturated carbocycles. The van der Waals surface area contributed by atoms with Crippen LogP contribution in [0.1, 0.15) is 0 Å². The van der Waals surface area contributed by atoms with E-state index >= 15 is 0 Å². The Morgan fingerprint density at radius 2 is 1.00 bits per heavy atom. The zero-order chi connectivity index (χ0) is 17.5. The Hall–Kier alpha value is -2.42. The Morgan fingerprint density at radius 1 is 0.500 bits per heavy atom. The molecule has 5 aromatic rings. The molecule has 0 aliphatic rings. The predicted octanol–water partition coefficient (Wildman–Crippen LogP) is 8.15. The van der Waals surface area contributed by atoms with Gasteiger partial charge in [0.1, 0.15) is 0 Å². The van der Waals surface area contributed by atoms with E-state index in [2.05, 4.69) is 107 Å². The Labute approximate surface area is 164 Å². The average molecular weight is 415 g/mol. The molecule has 0 unspecified atom stereocenters. The molecule has 0 aliphatic carbocycles. The van der Waals surface area contributed by atoms with Crippen molar-refractivity contribution >= 4 is 48.8 Å². The van der Waals surface area contributed by atoms with E-state index in [4.69, 9.17) is 0 Å². The van der Waals surface area contributed by atoms with Crippen molar-refractivity contribution in [3.8, 4) is 20.9 Å². The minimum Gasteiger partial charge on any atom is -0.135 e. The molecule has 0 nitrogen and oxygen atoms in total. The zero-order valence-electron chi connectivity index (χ0n) is 13.9. The van der Waals surface area contributed by atoms with Gasteiger partial charge in [-0.05, 0) is 55.2 Å². The van der Waals surface area contributed by atoms with Crippen molar-refractivity contribution in [2.45, 2.75) is 0 Å². The van der Waals surface area contributed by atoms with Crippen LogP contribution in [0.5, 0.6) is 0 Å². The molecule has 1 heterocycles. The fraction of sp³-hybridized carbons (Fsp3) is 0. The minimum absolute atomic E-state index is 1.17. The van der Waals surface area contributed by atoms with Crippen LogP contribution in [-0.2, 0) is 0 Å². The second-order valence-corrected chi connectivity index (χ2v) is 8.19. The summed E-state index contributed by atoms with van der Waals surface area (Å²) in [5.74, 6) is 0. The molecular formula is C24H15BrS. The molecule has 5 rings (SSSR count). The Morgan fingerprint density at radius 3 is 1.62 bits per heavy atom. The molecule has 2 heteroatoms. The first-order valence-corrected chi connectivity index (χ1v) is 10.2. The van der Waals surface area contributed by atoms with Crippen LogP contribution >= 0.6 is 27.3 Å². The van der Waals surface area contributed by atoms with E-state index in [-0.39, 0.29) is 0 Å². The lowest BCUT2D eigenvalue weighted by atomic mass is 9.96. The average Bonchev–Trinajstić information content (AvgIpc) is 3.19. The molecule has 124 valence electrons. The fourth-order valence-electron chi connectivity index (χ4n) is 3.57. The van der Waals surface area contributed by atoms with Crippen LogP contribution in [0.4, 0.5) is 0 Å². The molecule has 0 fully saturated rings. The number of thiophene rings is 1. The second-order valence-electron chi connectivity index (χ2n) is 6.31. The highest BCUT2D eigenvalue weighted by Crippen LogP contribution is 2.44. The van der Waals surface area contributed by atoms with Gasteiger partial charge >= 0.3 is 0 Å². The molecule has 0 spiro atoms. The van der Waals surface area contributed by atoms with Gasteiger partial charge in [0.25, 0.3) is 0 Å². The van der Waals surface area contributed by atoms with E-state index in [1.165, 1.54) is 46.9 Å². The molecule has 0 atom stereocenters. The maximum Gasteiger partial charge on any atom is 0.0361 e. The van der Waals surface area contributed by atoms with Crippen molar-refractivity contribution in [1.29, 1.82) is 0 Å². The van der Waals surface area contributed by atoms with E-state index in [1.54, 1.807) is 0 Å². The predicted molar refractivity (Wildman–Crippen MR) is 118 cm³/mol. The van der Waals surface area contributed by atoms with Crippen LogP contribution < -0.4 is 0 Å². The maximum atomic E-state index is 3.83. The maximum absolute atomic E-state index is 3.83. The van der Waals surface area contributed by atoms with Gasteiger partial charge in [-0.25, -0.2) is 0 Å². The van der Waals surface area contributed by atoms with Crippen molar-refractivity contribution in [2.24, 2.45) is 0 Å². The van der Waals surface area contributed by atoms with Gasteiger partial charge in [-0.1, -0.05) is 78.9 Å². The number of hydrogen-bond acceptors (Lipinski definition) is 1. The van der Waals surface area contributed by atoms with Crippen LogP contribution in [0.15, 0.2) is 95.5 Å². The number of rotatable bonds is 2. The van der Waals surface area contributed by atoms with Crippen LogP contribution in [0, 0.1) is 0 Å². The summed E-state index contributed by atoms with van der Waals surface area (Å²) in [7, 11) is 0. The summed E-state index contributed by atoms with van der Waals surface area (Å²) < 4.78 is 1.17. The smallest absolute Gasteiger partial charge is 0.0361 e. The van der Waals surface area contributed by atoms with E-state index in [1.807, 2.05) is 11.3 Å². The van der Waals surface area contributed by atoms with Crippen LogP contribution in [0.3, 0.4) is 0 Å². The third kappa shape index (κ3) is 2.49. The lowest BCUT2D eigenvalue weighted by molar-refractivity contribution is 1.70. The van der Waals surface area contributed by atoms with Crippen LogP contribution in [0.25, 0.3) is 42.4 Å². The second kappa shape index (κ2) is 6.39. The third-order valence-electron chi connectivity index (χ3n) is 4.78. The van der Waals surface area contributed by atoms with Crippen LogP contribution in [0.2, 0.25) is 0 Å². The largest absolute Gasteiger partial charge is 0.135 e. The topological polar surface area (TPSA) is 0 Å². The first kappa shape index (κ1) is 15.8. The van der Waals surface area contributed by atoms with E-state index in [0.717, 1.165) is 0 Å². The lowest BCUT2D eigenvalue weighted by Gasteiger charge is -2.12.